The number of hydrogen-bond donors (Lipinski definition) is 0. The smallest absolute Gasteiger partial charge is 0.410 e. The summed E-state index contributed by atoms with van der Waals surface area (Å²) in [6.07, 6.45) is 3.68. The average Bonchev–Trinajstić information content (AvgIpc) is 3.54. The number of hydrogen-bond acceptors (Lipinski definition) is 3. The first-order chi connectivity index (χ1) is 18.1. The van der Waals surface area contributed by atoms with Gasteiger partial charge in [0.2, 0.25) is 0 Å². The number of nitrogens with zero attached hydrogens (tertiary/aromatic N) is 3. The van der Waals surface area contributed by atoms with E-state index in [4.69, 9.17) is 4.74 Å². The third-order valence-corrected chi connectivity index (χ3v) is 8.32. The van der Waals surface area contributed by atoms with E-state index >= 15 is 0 Å². The molecule has 0 bridgehead atoms. The van der Waals surface area contributed by atoms with Crippen molar-refractivity contribution in [1.29, 1.82) is 0 Å². The molecule has 0 spiro atoms. The summed E-state index contributed by atoms with van der Waals surface area (Å²) in [7, 11) is 0. The highest BCUT2D eigenvalue weighted by molar-refractivity contribution is 5.83. The minimum Gasteiger partial charge on any atom is -0.444 e. The van der Waals surface area contributed by atoms with Gasteiger partial charge in [-0.1, -0.05) is 30.3 Å². The van der Waals surface area contributed by atoms with Crippen molar-refractivity contribution in [1.82, 2.24) is 14.7 Å². The van der Waals surface area contributed by atoms with Gasteiger partial charge in [-0.05, 0) is 105 Å². The predicted molar refractivity (Wildman–Crippen MR) is 147 cm³/mol. The number of aromatic nitrogens is 2. The molecule has 3 aromatic carbocycles. The Labute approximate surface area is 223 Å². The first kappa shape index (κ1) is 24.7. The summed E-state index contributed by atoms with van der Waals surface area (Å²) in [4.78, 5) is 15.1. The molecule has 2 heterocycles. The van der Waals surface area contributed by atoms with Crippen LogP contribution in [0.3, 0.4) is 0 Å². The van der Waals surface area contributed by atoms with E-state index in [1.807, 2.05) is 36.5 Å². The Morgan fingerprint density at radius 1 is 1.08 bits per heavy atom. The molecule has 1 aliphatic carbocycles. The summed E-state index contributed by atoms with van der Waals surface area (Å²) in [5, 5.41) is 5.69. The molecule has 1 aromatic heterocycles. The van der Waals surface area contributed by atoms with E-state index in [1.54, 1.807) is 12.1 Å². The zero-order valence-electron chi connectivity index (χ0n) is 22.4. The van der Waals surface area contributed by atoms with E-state index < -0.39 is 5.60 Å². The summed E-state index contributed by atoms with van der Waals surface area (Å²) in [5.74, 6) is 0.515. The van der Waals surface area contributed by atoms with Gasteiger partial charge in [0.05, 0.1) is 17.4 Å². The van der Waals surface area contributed by atoms with Gasteiger partial charge in [-0.25, -0.2) is 13.9 Å². The van der Waals surface area contributed by atoms with Crippen molar-refractivity contribution in [2.75, 3.05) is 13.1 Å². The monoisotopic (exact) mass is 511 g/mol. The molecule has 6 heteroatoms. The van der Waals surface area contributed by atoms with Crippen LogP contribution in [-0.4, -0.2) is 39.5 Å². The number of carbonyl (C=O) groups is 1. The zero-order valence-corrected chi connectivity index (χ0v) is 22.4. The molecule has 5 nitrogen and oxygen atoms in total. The zero-order chi connectivity index (χ0) is 26.7. The van der Waals surface area contributed by atoms with E-state index in [-0.39, 0.29) is 17.3 Å². The Bertz CT molecular complexity index is 1490. The molecule has 196 valence electrons. The minimum absolute atomic E-state index is 0.159. The Kier molecular flexibility index (Phi) is 5.82. The Morgan fingerprint density at radius 2 is 1.82 bits per heavy atom. The molecule has 4 aromatic rings. The fraction of sp³-hybridized carbons (Fsp3) is 0.375. The Morgan fingerprint density at radius 3 is 2.53 bits per heavy atom. The van der Waals surface area contributed by atoms with Crippen molar-refractivity contribution in [3.05, 3.63) is 95.4 Å². The van der Waals surface area contributed by atoms with Gasteiger partial charge in [-0.3, -0.25) is 0 Å². The summed E-state index contributed by atoms with van der Waals surface area (Å²) < 4.78 is 21.2. The maximum absolute atomic E-state index is 13.5. The van der Waals surface area contributed by atoms with E-state index in [0.717, 1.165) is 29.4 Å². The number of benzene rings is 3. The molecule has 1 aliphatic heterocycles. The fourth-order valence-corrected chi connectivity index (χ4v) is 6.74. The van der Waals surface area contributed by atoms with Crippen LogP contribution in [0.25, 0.3) is 16.6 Å². The number of carbonyl (C=O) groups excluding carboxylic acids is 1. The third kappa shape index (κ3) is 4.26. The molecule has 0 radical (unpaired) electrons. The highest BCUT2D eigenvalue weighted by Gasteiger charge is 2.56. The molecular formula is C32H34FN3O2. The van der Waals surface area contributed by atoms with Crippen LogP contribution in [0.15, 0.2) is 72.9 Å². The van der Waals surface area contributed by atoms with E-state index in [1.165, 1.54) is 28.8 Å². The molecular weight excluding hydrogens is 477 g/mol. The average molecular weight is 512 g/mol. The fourth-order valence-electron chi connectivity index (χ4n) is 6.74. The van der Waals surface area contributed by atoms with Gasteiger partial charge in [0.1, 0.15) is 11.4 Å². The molecule has 1 amide bonds. The van der Waals surface area contributed by atoms with Gasteiger partial charge in [-0.2, -0.15) is 5.10 Å². The van der Waals surface area contributed by atoms with E-state index in [9.17, 15) is 9.18 Å². The number of aryl methyl sites for hydroxylation is 1. The molecule has 2 fully saturated rings. The summed E-state index contributed by atoms with van der Waals surface area (Å²) >= 11 is 0. The van der Waals surface area contributed by atoms with Crippen molar-refractivity contribution in [2.45, 2.75) is 57.5 Å². The number of fused-ring (bicyclic) bond motifs is 2. The maximum atomic E-state index is 13.5. The van der Waals surface area contributed by atoms with Crippen LogP contribution in [-0.2, 0) is 10.2 Å². The van der Waals surface area contributed by atoms with Crippen LogP contribution in [0.5, 0.6) is 0 Å². The first-order valence-electron chi connectivity index (χ1n) is 13.4. The molecule has 1 saturated carbocycles. The number of halogens is 1. The summed E-state index contributed by atoms with van der Waals surface area (Å²) in [6, 6.07) is 21.6. The molecule has 6 rings (SSSR count). The molecule has 38 heavy (non-hydrogen) atoms. The quantitative estimate of drug-likeness (QED) is 0.293. The standard InChI is InChI=1S/C32H34FN3O2/c1-21-14-29-24(18-34-36(29)27-12-10-26(33)11-13-27)16-28(21)32-17-23(22-8-6-5-7-9-22)15-25(32)19-35(20-32)30(37)38-31(2,3)4/h5-14,16,18,23,25H,15,17,19-20H2,1-4H3/t23-,25+,32+/m0/s1. The Balaban J connectivity index is 1.41. The topological polar surface area (TPSA) is 47.4 Å². The second-order valence-corrected chi connectivity index (χ2v) is 12.0. The maximum Gasteiger partial charge on any atom is 0.410 e. The van der Waals surface area contributed by atoms with Crippen LogP contribution in [0, 0.1) is 18.7 Å². The van der Waals surface area contributed by atoms with Crippen molar-refractivity contribution in [2.24, 2.45) is 5.92 Å². The number of likely N-dealkylation sites (tertiary alicyclic amines) is 1. The van der Waals surface area contributed by atoms with Gasteiger partial charge in [0.25, 0.3) is 0 Å². The van der Waals surface area contributed by atoms with Gasteiger partial charge in [0, 0.05) is 23.9 Å². The van der Waals surface area contributed by atoms with Crippen LogP contribution < -0.4 is 0 Å². The van der Waals surface area contributed by atoms with Crippen molar-refractivity contribution < 1.29 is 13.9 Å². The van der Waals surface area contributed by atoms with Gasteiger partial charge < -0.3 is 9.64 Å². The molecule has 0 N–H and O–H groups in total. The van der Waals surface area contributed by atoms with Crippen LogP contribution in [0.4, 0.5) is 9.18 Å². The third-order valence-electron chi connectivity index (χ3n) is 8.32. The van der Waals surface area contributed by atoms with Gasteiger partial charge in [0.15, 0.2) is 0 Å². The summed E-state index contributed by atoms with van der Waals surface area (Å²) in [5.41, 5.74) is 4.97. The van der Waals surface area contributed by atoms with Crippen LogP contribution in [0.1, 0.15) is 56.2 Å². The van der Waals surface area contributed by atoms with Crippen molar-refractivity contribution >= 4 is 17.0 Å². The highest BCUT2D eigenvalue weighted by atomic mass is 19.1. The van der Waals surface area contributed by atoms with E-state index in [2.05, 4.69) is 54.5 Å². The largest absolute Gasteiger partial charge is 0.444 e. The van der Waals surface area contributed by atoms with E-state index in [0.29, 0.717) is 24.9 Å². The summed E-state index contributed by atoms with van der Waals surface area (Å²) in [6.45, 7) is 9.26. The molecule has 1 saturated heterocycles. The lowest BCUT2D eigenvalue weighted by molar-refractivity contribution is 0.0276. The second-order valence-electron chi connectivity index (χ2n) is 12.0. The number of ether oxygens (including phenoxy) is 1. The molecule has 3 atom stereocenters. The SMILES string of the molecule is Cc1cc2c(cnn2-c2ccc(F)cc2)cc1[C@@]12C[C@@H](c3ccccc3)C[C@@H]1CN(C(=O)OC(C)(C)C)C2. The number of rotatable bonds is 3. The normalized spacial score (nSPS) is 23.1. The lowest BCUT2D eigenvalue weighted by Gasteiger charge is -2.32. The first-order valence-corrected chi connectivity index (χ1v) is 13.4. The van der Waals surface area contributed by atoms with Crippen LogP contribution >= 0.6 is 0 Å². The highest BCUT2D eigenvalue weighted by Crippen LogP contribution is 2.57. The van der Waals surface area contributed by atoms with Crippen molar-refractivity contribution in [3.63, 3.8) is 0 Å². The number of amides is 1. The van der Waals surface area contributed by atoms with Crippen molar-refractivity contribution in [3.8, 4) is 5.69 Å². The van der Waals surface area contributed by atoms with Gasteiger partial charge in [-0.15, -0.1) is 0 Å². The molecule has 2 aliphatic rings. The van der Waals surface area contributed by atoms with Crippen LogP contribution in [0.2, 0.25) is 0 Å². The lowest BCUT2D eigenvalue weighted by Crippen LogP contribution is -2.38. The van der Waals surface area contributed by atoms with Gasteiger partial charge >= 0.3 is 6.09 Å². The Hall–Kier alpha value is -3.67. The lowest BCUT2D eigenvalue weighted by atomic mass is 9.72. The minimum atomic E-state index is -0.529. The molecule has 0 unspecified atom stereocenters. The second kappa shape index (κ2) is 8.97. The predicted octanol–water partition coefficient (Wildman–Crippen LogP) is 7.16.